The molecule has 4 rings (SSSR count). The van der Waals surface area contributed by atoms with Gasteiger partial charge in [0.05, 0.1) is 22.4 Å². The number of nitrogens with zero attached hydrogens (tertiary/aromatic N) is 2. The molecule has 0 saturated carbocycles. The van der Waals surface area contributed by atoms with Crippen LogP contribution in [-0.4, -0.2) is 44.6 Å². The monoisotopic (exact) mass is 482 g/mol. The van der Waals surface area contributed by atoms with Gasteiger partial charge in [-0.2, -0.15) is 0 Å². The summed E-state index contributed by atoms with van der Waals surface area (Å²) in [5.41, 5.74) is 2.56. The number of amides is 2. The Balaban J connectivity index is 1.52. The first kappa shape index (κ1) is 23.4. The van der Waals surface area contributed by atoms with Gasteiger partial charge >= 0.3 is 5.97 Å². The van der Waals surface area contributed by atoms with E-state index in [0.29, 0.717) is 5.69 Å². The van der Waals surface area contributed by atoms with Crippen LogP contribution in [0.1, 0.15) is 48.0 Å². The number of anilines is 1. The van der Waals surface area contributed by atoms with E-state index in [1.54, 1.807) is 6.07 Å². The molecule has 0 bridgehead atoms. The highest BCUT2D eigenvalue weighted by molar-refractivity contribution is 7.88. The largest absolute Gasteiger partial charge is 0.454 e. The number of fused-ring (bicyclic) bond motifs is 1. The topological polar surface area (TPSA) is 114 Å². The van der Waals surface area contributed by atoms with Gasteiger partial charge in [-0.25, -0.2) is 22.4 Å². The fourth-order valence-electron chi connectivity index (χ4n) is 3.52. The van der Waals surface area contributed by atoms with Crippen molar-refractivity contribution in [3.8, 4) is 0 Å². The molecule has 0 saturated heterocycles. The number of hydrogen-bond donors (Lipinski definition) is 0. The number of rotatable bonds is 6. The SMILES string of the molecule is Cc1ccc(C)c(N2C(=O)c3ccc(C(=O)OCc4ccc(S(=O)(=O)N(C)C)o4)cc3C2=O)c1. The maximum atomic E-state index is 13.1. The first-order chi connectivity index (χ1) is 16.0. The van der Waals surface area contributed by atoms with Crippen molar-refractivity contribution in [2.75, 3.05) is 19.0 Å². The number of sulfonamides is 1. The number of imide groups is 1. The van der Waals surface area contributed by atoms with E-state index in [0.717, 1.165) is 20.3 Å². The number of benzene rings is 2. The Morgan fingerprint density at radius 2 is 1.68 bits per heavy atom. The molecular weight excluding hydrogens is 460 g/mol. The number of carbonyl (C=O) groups excluding carboxylic acids is 3. The van der Waals surface area contributed by atoms with E-state index in [-0.39, 0.29) is 34.1 Å². The van der Waals surface area contributed by atoms with Crippen molar-refractivity contribution in [2.24, 2.45) is 0 Å². The van der Waals surface area contributed by atoms with Crippen LogP contribution in [0, 0.1) is 13.8 Å². The third kappa shape index (κ3) is 4.02. The second-order valence-electron chi connectivity index (χ2n) is 8.08. The Labute approximate surface area is 196 Å². The molecule has 34 heavy (non-hydrogen) atoms. The van der Waals surface area contributed by atoms with Crippen LogP contribution < -0.4 is 4.90 Å². The van der Waals surface area contributed by atoms with Gasteiger partial charge in [0.2, 0.25) is 5.09 Å². The van der Waals surface area contributed by atoms with E-state index < -0.39 is 27.8 Å². The molecule has 9 nitrogen and oxygen atoms in total. The molecule has 0 atom stereocenters. The first-order valence-electron chi connectivity index (χ1n) is 10.3. The quantitative estimate of drug-likeness (QED) is 0.391. The average Bonchev–Trinajstić information content (AvgIpc) is 3.37. The average molecular weight is 483 g/mol. The van der Waals surface area contributed by atoms with Crippen LogP contribution in [0.2, 0.25) is 0 Å². The third-order valence-electron chi connectivity index (χ3n) is 5.45. The van der Waals surface area contributed by atoms with Crippen LogP contribution in [0.4, 0.5) is 5.69 Å². The molecule has 0 radical (unpaired) electrons. The van der Waals surface area contributed by atoms with E-state index >= 15 is 0 Å². The van der Waals surface area contributed by atoms with Crippen LogP contribution in [0.3, 0.4) is 0 Å². The minimum absolute atomic E-state index is 0.0791. The fraction of sp³-hybridized carbons (Fsp3) is 0.208. The molecular formula is C24H22N2O7S. The number of esters is 1. The number of carbonyl (C=O) groups is 3. The van der Waals surface area contributed by atoms with Gasteiger partial charge in [-0.1, -0.05) is 12.1 Å². The van der Waals surface area contributed by atoms with Crippen LogP contribution in [0.15, 0.2) is 58.0 Å². The summed E-state index contributed by atoms with van der Waals surface area (Å²) in [4.78, 5) is 39.6. The summed E-state index contributed by atoms with van der Waals surface area (Å²) in [5.74, 6) is -1.59. The predicted molar refractivity (Wildman–Crippen MR) is 122 cm³/mol. The molecule has 0 aliphatic carbocycles. The van der Waals surface area contributed by atoms with Crippen molar-refractivity contribution < 1.29 is 32.0 Å². The standard InChI is InChI=1S/C24H22N2O7S/c1-14-5-6-15(2)20(11-14)26-22(27)18-9-7-16(12-19(18)23(26)28)24(29)32-13-17-8-10-21(33-17)34(30,31)25(3)4/h5-12H,13H2,1-4H3. The zero-order valence-electron chi connectivity index (χ0n) is 19.0. The summed E-state index contributed by atoms with van der Waals surface area (Å²) in [7, 11) is -0.999. The summed E-state index contributed by atoms with van der Waals surface area (Å²) in [5, 5.41) is -0.267. The van der Waals surface area contributed by atoms with Gasteiger partial charge in [0.1, 0.15) is 12.4 Å². The summed E-state index contributed by atoms with van der Waals surface area (Å²) in [6.45, 7) is 3.37. The normalized spacial score (nSPS) is 13.5. The molecule has 10 heteroatoms. The van der Waals surface area contributed by atoms with E-state index in [1.165, 1.54) is 44.4 Å². The molecule has 2 aromatic carbocycles. The van der Waals surface area contributed by atoms with E-state index in [9.17, 15) is 22.8 Å². The first-order valence-corrected chi connectivity index (χ1v) is 11.7. The molecule has 0 spiro atoms. The van der Waals surface area contributed by atoms with E-state index in [2.05, 4.69) is 0 Å². The lowest BCUT2D eigenvalue weighted by Crippen LogP contribution is -2.30. The van der Waals surface area contributed by atoms with Gasteiger partial charge in [-0.15, -0.1) is 0 Å². The maximum absolute atomic E-state index is 13.1. The minimum atomic E-state index is -3.75. The lowest BCUT2D eigenvalue weighted by molar-refractivity contribution is 0.0440. The van der Waals surface area contributed by atoms with Crippen LogP contribution in [0.25, 0.3) is 0 Å². The molecule has 3 aromatic rings. The molecule has 176 valence electrons. The number of hydrogen-bond acceptors (Lipinski definition) is 7. The Hall–Kier alpha value is -3.76. The summed E-state index contributed by atoms with van der Waals surface area (Å²) in [6.07, 6.45) is 0. The van der Waals surface area contributed by atoms with Crippen molar-refractivity contribution in [2.45, 2.75) is 25.5 Å². The predicted octanol–water partition coefficient (Wildman–Crippen LogP) is 3.30. The molecule has 1 aromatic heterocycles. The van der Waals surface area contributed by atoms with Crippen LogP contribution >= 0.6 is 0 Å². The highest BCUT2D eigenvalue weighted by atomic mass is 32.2. The number of aryl methyl sites for hydroxylation is 2. The van der Waals surface area contributed by atoms with Crippen molar-refractivity contribution in [1.29, 1.82) is 0 Å². The highest BCUT2D eigenvalue weighted by Gasteiger charge is 2.38. The molecule has 2 heterocycles. The van der Waals surface area contributed by atoms with Crippen molar-refractivity contribution >= 4 is 33.5 Å². The molecule has 1 aliphatic rings. The van der Waals surface area contributed by atoms with E-state index in [4.69, 9.17) is 9.15 Å². The Morgan fingerprint density at radius 3 is 2.38 bits per heavy atom. The number of furan rings is 1. The van der Waals surface area contributed by atoms with E-state index in [1.807, 2.05) is 26.0 Å². The smallest absolute Gasteiger partial charge is 0.338 e. The summed E-state index contributed by atoms with van der Waals surface area (Å²) < 4.78 is 35.7. The van der Waals surface area contributed by atoms with Gasteiger partial charge in [-0.05, 0) is 61.4 Å². The Morgan fingerprint density at radius 1 is 0.971 bits per heavy atom. The van der Waals surface area contributed by atoms with Crippen LogP contribution in [-0.2, 0) is 21.4 Å². The minimum Gasteiger partial charge on any atom is -0.454 e. The van der Waals surface area contributed by atoms with Crippen molar-refractivity contribution in [3.05, 3.63) is 82.1 Å². The molecule has 0 unspecified atom stereocenters. The maximum Gasteiger partial charge on any atom is 0.338 e. The molecule has 0 fully saturated rings. The van der Waals surface area contributed by atoms with Gasteiger partial charge in [-0.3, -0.25) is 9.59 Å². The van der Waals surface area contributed by atoms with Crippen molar-refractivity contribution in [1.82, 2.24) is 4.31 Å². The lowest BCUT2D eigenvalue weighted by atomic mass is 10.1. The molecule has 1 aliphatic heterocycles. The van der Waals surface area contributed by atoms with Gasteiger partial charge in [0, 0.05) is 14.1 Å². The lowest BCUT2D eigenvalue weighted by Gasteiger charge is -2.17. The second kappa shape index (κ2) is 8.54. The molecule has 2 amide bonds. The second-order valence-corrected chi connectivity index (χ2v) is 10.2. The number of ether oxygens (including phenoxy) is 1. The zero-order valence-corrected chi connectivity index (χ0v) is 19.8. The van der Waals surface area contributed by atoms with Gasteiger partial charge < -0.3 is 9.15 Å². The Bertz CT molecular complexity index is 1440. The fourth-order valence-corrected chi connectivity index (χ4v) is 4.33. The Kier molecular flexibility index (Phi) is 5.88. The van der Waals surface area contributed by atoms with Gasteiger partial charge in [0.15, 0.2) is 0 Å². The van der Waals surface area contributed by atoms with Crippen LogP contribution in [0.5, 0.6) is 0 Å². The molecule has 0 N–H and O–H groups in total. The highest BCUT2D eigenvalue weighted by Crippen LogP contribution is 2.32. The van der Waals surface area contributed by atoms with Gasteiger partial charge in [0.25, 0.3) is 21.8 Å². The zero-order chi connectivity index (χ0) is 24.8. The third-order valence-corrected chi connectivity index (χ3v) is 7.13. The van der Waals surface area contributed by atoms with Crippen molar-refractivity contribution in [3.63, 3.8) is 0 Å². The summed E-state index contributed by atoms with van der Waals surface area (Å²) in [6, 6.07) is 12.3. The summed E-state index contributed by atoms with van der Waals surface area (Å²) >= 11 is 0.